The monoisotopic (exact) mass is 504 g/mol. The number of carbonyl (C=O) groups excluding carboxylic acids is 1. The number of rotatable bonds is 10. The highest BCUT2D eigenvalue weighted by molar-refractivity contribution is 7.92. The van der Waals surface area contributed by atoms with Crippen LogP contribution in [0, 0.1) is 5.82 Å². The number of methoxy groups -OCH3 is 1. The molecule has 0 saturated carbocycles. The predicted octanol–water partition coefficient (Wildman–Crippen LogP) is 3.56. The largest absolute Gasteiger partial charge is 0.433 e. The van der Waals surface area contributed by atoms with Gasteiger partial charge in [0, 0.05) is 25.3 Å². The van der Waals surface area contributed by atoms with Crippen molar-refractivity contribution in [3.05, 3.63) is 59.0 Å². The molecule has 8 nitrogen and oxygen atoms in total. The van der Waals surface area contributed by atoms with Gasteiger partial charge in [-0.15, -0.1) is 0 Å². The van der Waals surface area contributed by atoms with E-state index in [1.165, 1.54) is 31.4 Å². The highest BCUT2D eigenvalue weighted by Gasteiger charge is 2.33. The Balaban J connectivity index is 2.13. The van der Waals surface area contributed by atoms with Crippen molar-refractivity contribution >= 4 is 33.5 Å². The van der Waals surface area contributed by atoms with Gasteiger partial charge >= 0.3 is 6.18 Å². The molecule has 0 unspecified atom stereocenters. The summed E-state index contributed by atoms with van der Waals surface area (Å²) in [6.45, 7) is 2.01. The summed E-state index contributed by atoms with van der Waals surface area (Å²) >= 11 is 0. The minimum absolute atomic E-state index is 0.0694. The number of anilines is 2. The normalized spacial score (nSPS) is 13.0. The number of alkyl halides is 3. The Morgan fingerprint density at radius 1 is 1.24 bits per heavy atom. The van der Waals surface area contributed by atoms with Crippen LogP contribution in [0.25, 0.3) is 6.08 Å². The lowest BCUT2D eigenvalue weighted by Gasteiger charge is -2.15. The molecule has 0 spiro atoms. The molecule has 1 amide bonds. The zero-order valence-corrected chi connectivity index (χ0v) is 19.3. The maximum atomic E-state index is 14.2. The molecule has 1 heterocycles. The highest BCUT2D eigenvalue weighted by atomic mass is 32.2. The van der Waals surface area contributed by atoms with E-state index in [4.69, 9.17) is 4.74 Å². The van der Waals surface area contributed by atoms with Gasteiger partial charge in [-0.2, -0.15) is 13.2 Å². The number of ether oxygens (including phenoxy) is 1. The minimum Gasteiger partial charge on any atom is -0.383 e. The van der Waals surface area contributed by atoms with Gasteiger partial charge in [-0.1, -0.05) is 6.07 Å². The molecule has 0 fully saturated rings. The number of carbonyl (C=O) groups is 1. The fourth-order valence-corrected chi connectivity index (χ4v) is 3.33. The molecule has 0 bridgehead atoms. The molecule has 2 aromatic rings. The molecule has 0 saturated heterocycles. The Morgan fingerprint density at radius 3 is 2.53 bits per heavy atom. The Labute approximate surface area is 194 Å². The summed E-state index contributed by atoms with van der Waals surface area (Å²) in [5, 5.41) is 5.33. The van der Waals surface area contributed by atoms with Crippen molar-refractivity contribution in [2.24, 2.45) is 0 Å². The summed E-state index contributed by atoms with van der Waals surface area (Å²) in [4.78, 5) is 15.9. The molecule has 186 valence electrons. The van der Waals surface area contributed by atoms with E-state index in [1.54, 1.807) is 6.92 Å². The quantitative estimate of drug-likeness (QED) is 0.259. The standard InChI is InChI=1S/C21H24F4N4O4S/c1-13(15-4-7-17(16(22)12-15)29-34(3,31)32)27-19(30)9-6-14-5-8-18(21(23,24)25)28-20(14)26-10-11-33-2/h4-9,12-13,29H,10-11H2,1-3H3,(H,26,28)(H,27,30)/b9-6-/t13-/m1/s1. The molecule has 0 aliphatic rings. The summed E-state index contributed by atoms with van der Waals surface area (Å²) in [5.41, 5.74) is -0.697. The van der Waals surface area contributed by atoms with Gasteiger partial charge in [0.25, 0.3) is 0 Å². The van der Waals surface area contributed by atoms with Crippen LogP contribution in [-0.4, -0.2) is 45.8 Å². The van der Waals surface area contributed by atoms with Gasteiger partial charge in [0.05, 0.1) is 24.6 Å². The molecule has 0 aliphatic heterocycles. The first-order valence-electron chi connectivity index (χ1n) is 9.87. The van der Waals surface area contributed by atoms with Gasteiger partial charge in [-0.05, 0) is 42.8 Å². The summed E-state index contributed by atoms with van der Waals surface area (Å²) in [5.74, 6) is -1.48. The van der Waals surface area contributed by atoms with Gasteiger partial charge in [0.15, 0.2) is 0 Å². The number of nitrogens with zero attached hydrogens (tertiary/aromatic N) is 1. The average molecular weight is 505 g/mol. The van der Waals surface area contributed by atoms with Crippen molar-refractivity contribution in [2.75, 3.05) is 36.6 Å². The summed E-state index contributed by atoms with van der Waals surface area (Å²) in [6, 6.07) is 5.10. The van der Waals surface area contributed by atoms with Crippen LogP contribution >= 0.6 is 0 Å². The molecular formula is C21H24F4N4O4S. The third-order valence-corrected chi connectivity index (χ3v) is 4.97. The van der Waals surface area contributed by atoms with Gasteiger partial charge in [0.1, 0.15) is 17.3 Å². The zero-order valence-electron chi connectivity index (χ0n) is 18.5. The van der Waals surface area contributed by atoms with Crippen molar-refractivity contribution in [1.29, 1.82) is 0 Å². The Bertz CT molecular complexity index is 1150. The second kappa shape index (κ2) is 11.3. The van der Waals surface area contributed by atoms with E-state index in [0.717, 1.165) is 24.5 Å². The van der Waals surface area contributed by atoms with E-state index in [1.807, 2.05) is 4.72 Å². The maximum Gasteiger partial charge on any atom is 0.433 e. The topological polar surface area (TPSA) is 109 Å². The molecule has 3 N–H and O–H groups in total. The smallest absolute Gasteiger partial charge is 0.383 e. The summed E-state index contributed by atoms with van der Waals surface area (Å²) in [6.07, 6.45) is -1.34. The average Bonchev–Trinajstić information content (AvgIpc) is 2.72. The molecule has 0 radical (unpaired) electrons. The van der Waals surface area contributed by atoms with E-state index < -0.39 is 39.7 Å². The Kier molecular flexibility index (Phi) is 8.99. The zero-order chi connectivity index (χ0) is 25.5. The van der Waals surface area contributed by atoms with Crippen LogP contribution in [-0.2, 0) is 25.7 Å². The molecule has 0 aliphatic carbocycles. The van der Waals surface area contributed by atoms with Crippen LogP contribution in [0.4, 0.5) is 29.1 Å². The van der Waals surface area contributed by atoms with Crippen molar-refractivity contribution < 1.29 is 35.5 Å². The minimum atomic E-state index is -4.63. The maximum absolute atomic E-state index is 14.2. The first kappa shape index (κ1) is 27.1. The number of pyridine rings is 1. The fraction of sp³-hybridized carbons (Fsp3) is 0.333. The van der Waals surface area contributed by atoms with E-state index in [2.05, 4.69) is 15.6 Å². The van der Waals surface area contributed by atoms with E-state index in [9.17, 15) is 30.8 Å². The molecule has 1 aromatic carbocycles. The number of benzene rings is 1. The number of amides is 1. The number of sulfonamides is 1. The van der Waals surface area contributed by atoms with Crippen molar-refractivity contribution in [3.63, 3.8) is 0 Å². The van der Waals surface area contributed by atoms with Gasteiger partial charge in [-0.3, -0.25) is 9.52 Å². The third-order valence-electron chi connectivity index (χ3n) is 4.38. The van der Waals surface area contributed by atoms with Crippen LogP contribution in [0.5, 0.6) is 0 Å². The Hall–Kier alpha value is -3.19. The van der Waals surface area contributed by atoms with Gasteiger partial charge in [0.2, 0.25) is 15.9 Å². The van der Waals surface area contributed by atoms with Crippen molar-refractivity contribution in [2.45, 2.75) is 19.1 Å². The lowest BCUT2D eigenvalue weighted by atomic mass is 10.1. The number of hydrogen-bond acceptors (Lipinski definition) is 6. The summed E-state index contributed by atoms with van der Waals surface area (Å²) in [7, 11) is -2.22. The Morgan fingerprint density at radius 2 is 1.94 bits per heavy atom. The molecule has 1 aromatic heterocycles. The van der Waals surface area contributed by atoms with Crippen LogP contribution < -0.4 is 15.4 Å². The SMILES string of the molecule is COCCNc1nc(C(F)(F)F)ccc1/C=C\C(=O)N[C@H](C)c1ccc(NS(C)(=O)=O)c(F)c1. The van der Waals surface area contributed by atoms with Gasteiger partial charge in [-0.25, -0.2) is 17.8 Å². The molecule has 2 rings (SSSR count). The van der Waals surface area contributed by atoms with Crippen LogP contribution in [0.2, 0.25) is 0 Å². The van der Waals surface area contributed by atoms with E-state index in [0.29, 0.717) is 5.56 Å². The highest BCUT2D eigenvalue weighted by Crippen LogP contribution is 2.30. The van der Waals surface area contributed by atoms with Crippen LogP contribution in [0.15, 0.2) is 36.4 Å². The fourth-order valence-electron chi connectivity index (χ4n) is 2.77. The van der Waals surface area contributed by atoms with Crippen LogP contribution in [0.1, 0.15) is 29.8 Å². The van der Waals surface area contributed by atoms with Crippen molar-refractivity contribution in [1.82, 2.24) is 10.3 Å². The molecule has 13 heteroatoms. The number of halogens is 4. The lowest BCUT2D eigenvalue weighted by Crippen LogP contribution is -2.24. The van der Waals surface area contributed by atoms with Gasteiger partial charge < -0.3 is 15.4 Å². The molecule has 1 atom stereocenters. The number of nitrogens with one attached hydrogen (secondary N) is 3. The predicted molar refractivity (Wildman–Crippen MR) is 120 cm³/mol. The van der Waals surface area contributed by atoms with Crippen molar-refractivity contribution in [3.8, 4) is 0 Å². The van der Waals surface area contributed by atoms with E-state index in [-0.39, 0.29) is 30.2 Å². The number of hydrogen-bond donors (Lipinski definition) is 3. The number of aromatic nitrogens is 1. The third kappa shape index (κ3) is 8.30. The first-order valence-corrected chi connectivity index (χ1v) is 11.8. The summed E-state index contributed by atoms with van der Waals surface area (Å²) < 4.78 is 82.6. The van der Waals surface area contributed by atoms with E-state index >= 15 is 0 Å². The molecule has 34 heavy (non-hydrogen) atoms. The lowest BCUT2D eigenvalue weighted by molar-refractivity contribution is -0.141. The first-order chi connectivity index (χ1) is 15.8. The van der Waals surface area contributed by atoms with Crippen LogP contribution in [0.3, 0.4) is 0 Å². The second-order valence-corrected chi connectivity index (χ2v) is 8.98. The second-order valence-electron chi connectivity index (χ2n) is 7.23. The molecular weight excluding hydrogens is 480 g/mol.